The first kappa shape index (κ1) is 27.3. The number of likely N-dealkylation sites (tertiary alicyclic amines) is 2. The molecule has 0 aromatic carbocycles. The number of halogens is 1. The Hall–Kier alpha value is -1.55. The van der Waals surface area contributed by atoms with Crippen LogP contribution in [0.2, 0.25) is 0 Å². The van der Waals surface area contributed by atoms with Gasteiger partial charge in [0.05, 0.1) is 35.9 Å². The molecule has 3 saturated heterocycles. The predicted octanol–water partition coefficient (Wildman–Crippen LogP) is 2.22. The molecule has 0 aromatic heterocycles. The summed E-state index contributed by atoms with van der Waals surface area (Å²) in [5.74, 6) is 0.291. The number of hydrogen-bond donors (Lipinski definition) is 2. The fourth-order valence-corrected chi connectivity index (χ4v) is 9.74. The third-order valence-corrected chi connectivity index (χ3v) is 11.8. The van der Waals surface area contributed by atoms with Crippen molar-refractivity contribution in [3.8, 4) is 0 Å². The van der Waals surface area contributed by atoms with Gasteiger partial charge in [0.2, 0.25) is 0 Å². The van der Waals surface area contributed by atoms with E-state index in [0.29, 0.717) is 31.0 Å². The molecule has 0 radical (unpaired) electrons. The summed E-state index contributed by atoms with van der Waals surface area (Å²) >= 11 is 0. The number of carbonyl (C=O) groups excluding carboxylic acids is 2. The Balaban J connectivity index is 1.17. The number of morpholine rings is 1. The molecule has 4 aliphatic heterocycles. The summed E-state index contributed by atoms with van der Waals surface area (Å²) in [7, 11) is 2.14. The number of Topliss-reactive ketones (excluding diaryl/α,β-unsaturated/α-hetero) is 1. The average Bonchev–Trinajstić information content (AvgIpc) is 3.56. The van der Waals surface area contributed by atoms with E-state index in [-0.39, 0.29) is 60.1 Å². The van der Waals surface area contributed by atoms with Gasteiger partial charge in [0.1, 0.15) is 6.17 Å². The summed E-state index contributed by atoms with van der Waals surface area (Å²) in [4.78, 5) is 34.3. The number of alkyl halides is 1. The van der Waals surface area contributed by atoms with Crippen LogP contribution < -0.4 is 11.1 Å². The van der Waals surface area contributed by atoms with Crippen LogP contribution in [0.1, 0.15) is 70.6 Å². The summed E-state index contributed by atoms with van der Waals surface area (Å²) in [6, 6.07) is 0.0770. The maximum atomic E-state index is 16.1. The molecule has 9 heteroatoms. The summed E-state index contributed by atoms with van der Waals surface area (Å²) < 4.78 is 23.1. The highest BCUT2D eigenvalue weighted by molar-refractivity contribution is 6.20. The second kappa shape index (κ2) is 10.9. The van der Waals surface area contributed by atoms with Gasteiger partial charge in [0.15, 0.2) is 5.78 Å². The predicted molar refractivity (Wildman–Crippen MR) is 150 cm³/mol. The molecule has 1 amide bonds. The van der Waals surface area contributed by atoms with Gasteiger partial charge in [0.25, 0.3) is 5.91 Å². The molecule has 3 N–H and O–H groups in total. The molecule has 3 aliphatic carbocycles. The molecule has 40 heavy (non-hydrogen) atoms. The van der Waals surface area contributed by atoms with E-state index < -0.39 is 12.1 Å². The lowest BCUT2D eigenvalue weighted by Gasteiger charge is -2.61. The molecule has 7 aliphatic rings. The third-order valence-electron chi connectivity index (χ3n) is 11.8. The van der Waals surface area contributed by atoms with Gasteiger partial charge in [-0.1, -0.05) is 25.7 Å². The van der Waals surface area contributed by atoms with Crippen molar-refractivity contribution < 1.29 is 18.7 Å². The Morgan fingerprint density at radius 2 is 1.88 bits per heavy atom. The highest BCUT2D eigenvalue weighted by Gasteiger charge is 2.60. The van der Waals surface area contributed by atoms with E-state index in [1.165, 1.54) is 32.1 Å². The number of nitrogens with zero attached hydrogens (tertiary/aromatic N) is 3. The summed E-state index contributed by atoms with van der Waals surface area (Å²) in [5.41, 5.74) is 6.47. The molecule has 3 saturated carbocycles. The SMILES string of the molecule is CN1CCCC1CCNC(=O)C1=CN2C3CC4CCCCC4CC3OC3C(N4CCC(N)C4)C(F)CC(C1=O)C32. The number of hydrogen-bond acceptors (Lipinski definition) is 7. The van der Waals surface area contributed by atoms with Crippen LogP contribution in [0.5, 0.6) is 0 Å². The third kappa shape index (κ3) is 4.73. The maximum absolute atomic E-state index is 16.1. The Morgan fingerprint density at radius 3 is 2.60 bits per heavy atom. The normalized spacial score (nSPS) is 45.5. The molecule has 11 unspecified atom stereocenters. The van der Waals surface area contributed by atoms with Crippen molar-refractivity contribution in [3.05, 3.63) is 11.8 Å². The van der Waals surface area contributed by atoms with Gasteiger partial charge in [-0.25, -0.2) is 4.39 Å². The number of nitrogens with one attached hydrogen (secondary N) is 1. The fraction of sp³-hybridized carbons (Fsp3) is 0.871. The molecule has 0 bridgehead atoms. The molecule has 0 spiro atoms. The van der Waals surface area contributed by atoms with Crippen molar-refractivity contribution in [2.45, 2.75) is 119 Å². The van der Waals surface area contributed by atoms with E-state index in [1.54, 1.807) is 0 Å². The van der Waals surface area contributed by atoms with Crippen LogP contribution in [0.15, 0.2) is 11.8 Å². The van der Waals surface area contributed by atoms with Crippen LogP contribution in [-0.4, -0.2) is 108 Å². The Kier molecular flexibility index (Phi) is 7.46. The first-order chi connectivity index (χ1) is 19.4. The lowest BCUT2D eigenvalue weighted by atomic mass is 9.64. The summed E-state index contributed by atoms with van der Waals surface area (Å²) in [6.45, 7) is 3.10. The first-order valence-electron chi connectivity index (χ1n) is 16.2. The molecule has 7 rings (SSSR count). The van der Waals surface area contributed by atoms with Crippen LogP contribution in [0.4, 0.5) is 4.39 Å². The Labute approximate surface area is 238 Å². The number of carbonyl (C=O) groups is 2. The Morgan fingerprint density at radius 1 is 1.07 bits per heavy atom. The van der Waals surface area contributed by atoms with E-state index >= 15 is 4.39 Å². The average molecular weight is 558 g/mol. The maximum Gasteiger partial charge on any atom is 0.256 e. The van der Waals surface area contributed by atoms with E-state index in [9.17, 15) is 9.59 Å². The fourth-order valence-electron chi connectivity index (χ4n) is 9.74. The molecule has 11 atom stereocenters. The van der Waals surface area contributed by atoms with Gasteiger partial charge < -0.3 is 25.6 Å². The summed E-state index contributed by atoms with van der Waals surface area (Å²) in [6.07, 6.45) is 11.7. The second-order valence-electron chi connectivity index (χ2n) is 14.0. The molecular formula is C31H48FN5O3. The van der Waals surface area contributed by atoms with Crippen molar-refractivity contribution in [1.82, 2.24) is 20.0 Å². The Bertz CT molecular complexity index is 1020. The van der Waals surface area contributed by atoms with Gasteiger partial charge >= 0.3 is 0 Å². The van der Waals surface area contributed by atoms with Crippen LogP contribution in [0.25, 0.3) is 0 Å². The number of amides is 1. The minimum absolute atomic E-state index is 0.0111. The first-order valence-corrected chi connectivity index (χ1v) is 16.2. The topological polar surface area (TPSA) is 91.1 Å². The molecule has 6 fully saturated rings. The number of fused-ring (bicyclic) bond motifs is 3. The van der Waals surface area contributed by atoms with E-state index in [0.717, 1.165) is 45.2 Å². The highest BCUT2D eigenvalue weighted by atomic mass is 19.1. The van der Waals surface area contributed by atoms with Crippen LogP contribution in [0.3, 0.4) is 0 Å². The van der Waals surface area contributed by atoms with E-state index in [2.05, 4.69) is 27.1 Å². The smallest absolute Gasteiger partial charge is 0.256 e. The molecule has 8 nitrogen and oxygen atoms in total. The minimum Gasteiger partial charge on any atom is -0.369 e. The van der Waals surface area contributed by atoms with Crippen LogP contribution >= 0.6 is 0 Å². The zero-order valence-electron chi connectivity index (χ0n) is 24.1. The van der Waals surface area contributed by atoms with Crippen molar-refractivity contribution in [1.29, 1.82) is 0 Å². The van der Waals surface area contributed by atoms with Crippen LogP contribution in [-0.2, 0) is 14.3 Å². The van der Waals surface area contributed by atoms with E-state index in [1.807, 2.05) is 6.20 Å². The lowest BCUT2D eigenvalue weighted by Crippen LogP contribution is -2.73. The number of ether oxygens (including phenoxy) is 1. The molecule has 222 valence electrons. The zero-order chi connectivity index (χ0) is 27.5. The number of nitrogens with two attached hydrogens (primary N) is 1. The monoisotopic (exact) mass is 557 g/mol. The van der Waals surface area contributed by atoms with Crippen molar-refractivity contribution >= 4 is 11.7 Å². The van der Waals surface area contributed by atoms with Gasteiger partial charge in [-0.2, -0.15) is 0 Å². The molecule has 4 heterocycles. The standard InChI is InChI=1S/C31H48FN5O3/c1-35-11-4-7-21(35)8-10-34-31(39)23-17-37-25-13-18-5-2-3-6-19(18)14-26(25)40-30-27(37)22(29(23)38)15-24(32)28(30)36-12-9-20(33)16-36/h17-22,24-28,30H,2-16,33H2,1H3,(H,34,39). The molecule has 0 aromatic rings. The highest BCUT2D eigenvalue weighted by Crippen LogP contribution is 2.51. The van der Waals surface area contributed by atoms with E-state index in [4.69, 9.17) is 10.5 Å². The summed E-state index contributed by atoms with van der Waals surface area (Å²) in [5, 5.41) is 3.06. The van der Waals surface area contributed by atoms with Gasteiger partial charge in [0, 0.05) is 43.8 Å². The lowest BCUT2D eigenvalue weighted by molar-refractivity contribution is -0.219. The van der Waals surface area contributed by atoms with Crippen molar-refractivity contribution in [2.24, 2.45) is 23.5 Å². The largest absolute Gasteiger partial charge is 0.369 e. The van der Waals surface area contributed by atoms with Gasteiger partial charge in [-0.3, -0.25) is 14.5 Å². The quantitative estimate of drug-likeness (QED) is 0.501. The minimum atomic E-state index is -1.18. The number of ketones is 1. The van der Waals surface area contributed by atoms with Gasteiger partial charge in [-0.15, -0.1) is 0 Å². The second-order valence-corrected chi connectivity index (χ2v) is 14.0. The molecular weight excluding hydrogens is 509 g/mol. The van der Waals surface area contributed by atoms with Gasteiger partial charge in [-0.05, 0) is 70.4 Å². The van der Waals surface area contributed by atoms with Crippen molar-refractivity contribution in [3.63, 3.8) is 0 Å². The van der Waals surface area contributed by atoms with Crippen LogP contribution in [0, 0.1) is 17.8 Å². The zero-order valence-corrected chi connectivity index (χ0v) is 24.1. The van der Waals surface area contributed by atoms with Crippen molar-refractivity contribution in [2.75, 3.05) is 33.2 Å². The number of rotatable bonds is 5.